The molecule has 5 atom stereocenters. The smallest absolute Gasteiger partial charge is 0.217 e. The minimum Gasteiger partial charge on any atom is -0.393 e. The van der Waals surface area contributed by atoms with Gasteiger partial charge in [0.2, 0.25) is 5.91 Å². The van der Waals surface area contributed by atoms with E-state index in [1.807, 2.05) is 6.07 Å². The Morgan fingerprint density at radius 3 is 2.57 bits per heavy atom. The van der Waals surface area contributed by atoms with Crippen molar-refractivity contribution in [3.8, 4) is 6.07 Å². The van der Waals surface area contributed by atoms with E-state index in [0.717, 1.165) is 0 Å². The molecule has 2 rings (SSSR count). The lowest BCUT2D eigenvalue weighted by Gasteiger charge is -2.46. The SMILES string of the molecule is CC(=O)N[C@H]1C(O)OC(CO)(CC#N)C2OC(C)(C)OC21. The van der Waals surface area contributed by atoms with Crippen molar-refractivity contribution in [2.24, 2.45) is 0 Å². The molecule has 0 saturated carbocycles. The zero-order chi connectivity index (χ0) is 15.8. The van der Waals surface area contributed by atoms with Crippen LogP contribution in [0.25, 0.3) is 0 Å². The van der Waals surface area contributed by atoms with Gasteiger partial charge in [-0.2, -0.15) is 5.26 Å². The summed E-state index contributed by atoms with van der Waals surface area (Å²) in [5.74, 6) is -1.33. The summed E-state index contributed by atoms with van der Waals surface area (Å²) in [7, 11) is 0. The Bertz CT molecular complexity index is 462. The number of rotatable bonds is 3. The molecule has 2 aliphatic rings. The molecule has 118 valence electrons. The van der Waals surface area contributed by atoms with Gasteiger partial charge in [-0.05, 0) is 13.8 Å². The Kier molecular flexibility index (Phi) is 4.24. The van der Waals surface area contributed by atoms with Crippen LogP contribution in [0.5, 0.6) is 0 Å². The van der Waals surface area contributed by atoms with Crippen molar-refractivity contribution >= 4 is 5.91 Å². The van der Waals surface area contributed by atoms with Crippen LogP contribution in [0, 0.1) is 11.3 Å². The summed E-state index contributed by atoms with van der Waals surface area (Å²) in [6, 6.07) is 1.09. The predicted octanol–water partition coefficient (Wildman–Crippen LogP) is -0.995. The van der Waals surface area contributed by atoms with Crippen LogP contribution in [0.2, 0.25) is 0 Å². The van der Waals surface area contributed by atoms with Crippen LogP contribution in [-0.4, -0.2) is 58.7 Å². The second kappa shape index (κ2) is 5.51. The fraction of sp³-hybridized carbons (Fsp3) is 0.846. The van der Waals surface area contributed by atoms with Gasteiger partial charge in [-0.25, -0.2) is 0 Å². The Labute approximate surface area is 122 Å². The Morgan fingerprint density at radius 1 is 1.38 bits per heavy atom. The molecule has 0 bridgehead atoms. The lowest BCUT2D eigenvalue weighted by atomic mass is 9.84. The average molecular weight is 300 g/mol. The summed E-state index contributed by atoms with van der Waals surface area (Å²) in [5.41, 5.74) is -1.39. The van der Waals surface area contributed by atoms with Crippen molar-refractivity contribution in [2.45, 2.75) is 63.1 Å². The minimum atomic E-state index is -1.41. The second-order valence-corrected chi connectivity index (χ2v) is 5.81. The summed E-state index contributed by atoms with van der Waals surface area (Å²) in [6.45, 7) is 4.16. The fourth-order valence-corrected chi connectivity index (χ4v) is 2.85. The fourth-order valence-electron chi connectivity index (χ4n) is 2.85. The normalized spacial score (nSPS) is 41.1. The average Bonchev–Trinajstić information content (AvgIpc) is 2.70. The number of aliphatic hydroxyl groups excluding tert-OH is 2. The molecular weight excluding hydrogens is 280 g/mol. The molecule has 2 heterocycles. The Balaban J connectivity index is 2.36. The van der Waals surface area contributed by atoms with Crippen LogP contribution in [-0.2, 0) is 19.0 Å². The summed E-state index contributed by atoms with van der Waals surface area (Å²) >= 11 is 0. The molecule has 8 nitrogen and oxygen atoms in total. The number of fused-ring (bicyclic) bond motifs is 1. The first-order chi connectivity index (χ1) is 9.74. The molecule has 0 radical (unpaired) electrons. The van der Waals surface area contributed by atoms with Gasteiger partial charge in [-0.15, -0.1) is 0 Å². The van der Waals surface area contributed by atoms with Gasteiger partial charge < -0.3 is 29.7 Å². The molecule has 1 amide bonds. The highest BCUT2D eigenvalue weighted by Crippen LogP contribution is 2.43. The monoisotopic (exact) mass is 300 g/mol. The number of hydrogen-bond donors (Lipinski definition) is 3. The maximum atomic E-state index is 11.3. The summed E-state index contributed by atoms with van der Waals surface area (Å²) < 4.78 is 16.9. The van der Waals surface area contributed by atoms with E-state index < -0.39 is 42.5 Å². The van der Waals surface area contributed by atoms with Gasteiger partial charge >= 0.3 is 0 Å². The molecule has 4 unspecified atom stereocenters. The Morgan fingerprint density at radius 2 is 2.05 bits per heavy atom. The first-order valence-corrected chi connectivity index (χ1v) is 6.71. The molecule has 3 N–H and O–H groups in total. The number of carbonyl (C=O) groups is 1. The number of amides is 1. The standard InChI is InChI=1S/C13H20N2O6/c1-7(17)15-8-9-10(20-12(2,3)19-9)13(6-16,4-5-14)21-11(8)18/h8-11,16,18H,4,6H2,1-3H3,(H,15,17)/t8-,9?,10?,11?,13?/m1/s1. The number of aliphatic hydroxyl groups is 2. The molecule has 0 aromatic carbocycles. The second-order valence-electron chi connectivity index (χ2n) is 5.81. The van der Waals surface area contributed by atoms with E-state index in [0.29, 0.717) is 0 Å². The van der Waals surface area contributed by atoms with E-state index >= 15 is 0 Å². The lowest BCUT2D eigenvalue weighted by molar-refractivity contribution is -0.280. The summed E-state index contributed by atoms with van der Waals surface area (Å²) in [6.07, 6.45) is -3.09. The molecule has 2 fully saturated rings. The third-order valence-corrected chi connectivity index (χ3v) is 3.68. The zero-order valence-corrected chi connectivity index (χ0v) is 12.2. The lowest BCUT2D eigenvalue weighted by Crippen LogP contribution is -2.68. The van der Waals surface area contributed by atoms with Crippen LogP contribution >= 0.6 is 0 Å². The highest BCUT2D eigenvalue weighted by atomic mass is 16.8. The van der Waals surface area contributed by atoms with Crippen LogP contribution in [0.1, 0.15) is 27.2 Å². The molecular formula is C13H20N2O6. The third-order valence-electron chi connectivity index (χ3n) is 3.68. The molecule has 0 aromatic rings. The molecule has 8 heteroatoms. The molecule has 0 aromatic heterocycles. The first-order valence-electron chi connectivity index (χ1n) is 6.71. The van der Waals surface area contributed by atoms with Gasteiger partial charge in [0, 0.05) is 6.92 Å². The van der Waals surface area contributed by atoms with E-state index in [1.165, 1.54) is 6.92 Å². The van der Waals surface area contributed by atoms with Gasteiger partial charge in [-0.1, -0.05) is 0 Å². The van der Waals surface area contributed by atoms with E-state index in [2.05, 4.69) is 5.32 Å². The Hall–Kier alpha value is -1.24. The molecule has 0 spiro atoms. The number of nitriles is 1. The highest BCUT2D eigenvalue weighted by molar-refractivity contribution is 5.73. The van der Waals surface area contributed by atoms with Gasteiger partial charge in [0.1, 0.15) is 23.9 Å². The number of nitrogens with one attached hydrogen (secondary N) is 1. The third kappa shape index (κ3) is 2.88. The van der Waals surface area contributed by atoms with Gasteiger partial charge in [0.25, 0.3) is 0 Å². The van der Waals surface area contributed by atoms with Crippen LogP contribution in [0.3, 0.4) is 0 Å². The van der Waals surface area contributed by atoms with Gasteiger partial charge in [-0.3, -0.25) is 4.79 Å². The number of hydrogen-bond acceptors (Lipinski definition) is 7. The molecule has 21 heavy (non-hydrogen) atoms. The maximum absolute atomic E-state index is 11.3. The van der Waals surface area contributed by atoms with Crippen LogP contribution in [0.15, 0.2) is 0 Å². The zero-order valence-electron chi connectivity index (χ0n) is 12.2. The van der Waals surface area contributed by atoms with Crippen molar-refractivity contribution in [3.05, 3.63) is 0 Å². The molecule has 2 aliphatic heterocycles. The van der Waals surface area contributed by atoms with E-state index in [-0.39, 0.29) is 12.3 Å². The van der Waals surface area contributed by atoms with Crippen molar-refractivity contribution in [3.63, 3.8) is 0 Å². The number of ether oxygens (including phenoxy) is 3. The van der Waals surface area contributed by atoms with Crippen LogP contribution < -0.4 is 5.32 Å². The minimum absolute atomic E-state index is 0.173. The van der Waals surface area contributed by atoms with Crippen molar-refractivity contribution in [1.29, 1.82) is 5.26 Å². The first kappa shape index (κ1) is 16.1. The van der Waals surface area contributed by atoms with Gasteiger partial charge in [0.05, 0.1) is 19.1 Å². The molecule has 0 aliphatic carbocycles. The topological polar surface area (TPSA) is 121 Å². The van der Waals surface area contributed by atoms with E-state index in [1.54, 1.807) is 13.8 Å². The highest BCUT2D eigenvalue weighted by Gasteiger charge is 2.61. The quantitative estimate of drug-likeness (QED) is 0.611. The van der Waals surface area contributed by atoms with E-state index in [9.17, 15) is 15.0 Å². The van der Waals surface area contributed by atoms with E-state index in [4.69, 9.17) is 19.5 Å². The summed E-state index contributed by atoms with van der Waals surface area (Å²) in [5, 5.41) is 31.3. The van der Waals surface area contributed by atoms with Gasteiger partial charge in [0.15, 0.2) is 12.1 Å². The number of carbonyl (C=O) groups excluding carboxylic acids is 1. The largest absolute Gasteiger partial charge is 0.393 e. The van der Waals surface area contributed by atoms with Crippen molar-refractivity contribution < 1.29 is 29.2 Å². The number of nitrogens with zero attached hydrogens (tertiary/aromatic N) is 1. The molecule has 2 saturated heterocycles. The van der Waals surface area contributed by atoms with Crippen LogP contribution in [0.4, 0.5) is 0 Å². The predicted molar refractivity (Wildman–Crippen MR) is 68.6 cm³/mol. The van der Waals surface area contributed by atoms with Crippen molar-refractivity contribution in [2.75, 3.05) is 6.61 Å². The summed E-state index contributed by atoms with van der Waals surface area (Å²) in [4.78, 5) is 11.3. The van der Waals surface area contributed by atoms with Crippen molar-refractivity contribution in [1.82, 2.24) is 5.32 Å². The maximum Gasteiger partial charge on any atom is 0.217 e.